The van der Waals surface area contributed by atoms with Crippen LogP contribution >= 0.6 is 23.2 Å². The monoisotopic (exact) mass is 338 g/mol. The van der Waals surface area contributed by atoms with Crippen molar-refractivity contribution < 1.29 is 10.3 Å². The second kappa shape index (κ2) is 7.09. The molecular formula is C16H16Cl2N2O2. The van der Waals surface area contributed by atoms with Crippen LogP contribution in [0.25, 0.3) is 0 Å². The molecule has 2 rings (SSSR count). The number of rotatable bonds is 5. The maximum Gasteiger partial charge on any atom is 0.132 e. The molecule has 0 aliphatic carbocycles. The fourth-order valence-electron chi connectivity index (χ4n) is 2.26. The maximum absolute atomic E-state index is 11.0. The van der Waals surface area contributed by atoms with E-state index in [4.69, 9.17) is 28.4 Å². The first kappa shape index (κ1) is 16.7. The molecule has 4 nitrogen and oxygen atoms in total. The standard InChI is InChI=1S/C16H16Cl2N2O2/c1-11(20-22)16(21,13-3-2-8-19-10-13)7-6-12-4-5-14(17)9-15(12)18/h2-5,8-10,21-22H,6-7H2,1H3. The summed E-state index contributed by atoms with van der Waals surface area (Å²) in [4.78, 5) is 4.01. The van der Waals surface area contributed by atoms with Crippen molar-refractivity contribution >= 4 is 28.9 Å². The van der Waals surface area contributed by atoms with E-state index in [1.807, 2.05) is 6.07 Å². The Kier molecular flexibility index (Phi) is 5.40. The van der Waals surface area contributed by atoms with E-state index >= 15 is 0 Å². The Hall–Kier alpha value is -1.62. The second-order valence-electron chi connectivity index (χ2n) is 5.02. The van der Waals surface area contributed by atoms with Gasteiger partial charge in [0.05, 0.1) is 5.71 Å². The van der Waals surface area contributed by atoms with E-state index in [2.05, 4.69) is 10.1 Å². The molecule has 1 aromatic carbocycles. The molecule has 6 heteroatoms. The van der Waals surface area contributed by atoms with Gasteiger partial charge in [0.15, 0.2) is 0 Å². The van der Waals surface area contributed by atoms with Crippen LogP contribution < -0.4 is 0 Å². The van der Waals surface area contributed by atoms with E-state index < -0.39 is 5.60 Å². The van der Waals surface area contributed by atoms with Crippen LogP contribution in [0.1, 0.15) is 24.5 Å². The molecule has 0 spiro atoms. The third-order valence-electron chi connectivity index (χ3n) is 3.66. The molecule has 22 heavy (non-hydrogen) atoms. The lowest BCUT2D eigenvalue weighted by Gasteiger charge is -2.27. The van der Waals surface area contributed by atoms with Crippen molar-refractivity contribution in [3.8, 4) is 0 Å². The number of oxime groups is 1. The number of hydrogen-bond acceptors (Lipinski definition) is 4. The molecule has 0 bridgehead atoms. The van der Waals surface area contributed by atoms with Gasteiger partial charge < -0.3 is 10.3 Å². The van der Waals surface area contributed by atoms with E-state index in [0.29, 0.717) is 28.5 Å². The summed E-state index contributed by atoms with van der Waals surface area (Å²) in [6, 6.07) is 8.69. The Morgan fingerprint density at radius 2 is 2.09 bits per heavy atom. The SMILES string of the molecule is CC(=NO)C(O)(CCc1ccc(Cl)cc1Cl)c1cccnc1. The van der Waals surface area contributed by atoms with Gasteiger partial charge in [-0.1, -0.05) is 40.5 Å². The smallest absolute Gasteiger partial charge is 0.132 e. The van der Waals surface area contributed by atoms with Crippen LogP contribution in [0.2, 0.25) is 10.0 Å². The lowest BCUT2D eigenvalue weighted by atomic mass is 9.85. The third kappa shape index (κ3) is 3.58. The Morgan fingerprint density at radius 1 is 1.32 bits per heavy atom. The van der Waals surface area contributed by atoms with E-state index in [9.17, 15) is 5.11 Å². The minimum absolute atomic E-state index is 0.200. The van der Waals surface area contributed by atoms with Crippen molar-refractivity contribution in [3.63, 3.8) is 0 Å². The largest absolute Gasteiger partial charge is 0.411 e. The summed E-state index contributed by atoms with van der Waals surface area (Å²) in [7, 11) is 0. The predicted molar refractivity (Wildman–Crippen MR) is 87.8 cm³/mol. The van der Waals surface area contributed by atoms with Gasteiger partial charge in [-0.3, -0.25) is 4.98 Å². The van der Waals surface area contributed by atoms with Gasteiger partial charge >= 0.3 is 0 Å². The molecule has 0 saturated heterocycles. The van der Waals surface area contributed by atoms with Gasteiger partial charge in [0.25, 0.3) is 0 Å². The van der Waals surface area contributed by atoms with Crippen molar-refractivity contribution in [1.29, 1.82) is 0 Å². The Labute approximate surface area is 139 Å². The highest BCUT2D eigenvalue weighted by Gasteiger charge is 2.33. The first-order valence-electron chi connectivity index (χ1n) is 6.73. The van der Waals surface area contributed by atoms with Gasteiger partial charge in [-0.25, -0.2) is 0 Å². The molecule has 1 unspecified atom stereocenters. The molecule has 0 amide bonds. The first-order chi connectivity index (χ1) is 10.5. The lowest BCUT2D eigenvalue weighted by Crippen LogP contribution is -2.35. The van der Waals surface area contributed by atoms with Crippen LogP contribution in [0, 0.1) is 0 Å². The summed E-state index contributed by atoms with van der Waals surface area (Å²) < 4.78 is 0. The van der Waals surface area contributed by atoms with Crippen LogP contribution in [0.15, 0.2) is 47.9 Å². The number of pyridine rings is 1. The van der Waals surface area contributed by atoms with Crippen LogP contribution in [0.5, 0.6) is 0 Å². The number of halogens is 2. The van der Waals surface area contributed by atoms with Crippen molar-refractivity contribution in [2.45, 2.75) is 25.4 Å². The molecule has 1 heterocycles. The number of nitrogens with zero attached hydrogens (tertiary/aromatic N) is 2. The molecule has 1 aromatic heterocycles. The molecule has 116 valence electrons. The van der Waals surface area contributed by atoms with Crippen LogP contribution in [0.3, 0.4) is 0 Å². The summed E-state index contributed by atoms with van der Waals surface area (Å²) in [5.41, 5.74) is 0.214. The number of hydrogen-bond donors (Lipinski definition) is 2. The molecule has 2 N–H and O–H groups in total. The van der Waals surface area contributed by atoms with Crippen molar-refractivity contribution in [1.82, 2.24) is 4.98 Å². The maximum atomic E-state index is 11.0. The fourth-order valence-corrected chi connectivity index (χ4v) is 2.77. The zero-order valence-corrected chi connectivity index (χ0v) is 13.5. The minimum Gasteiger partial charge on any atom is -0.411 e. The molecule has 0 aliphatic heterocycles. The molecule has 1 atom stereocenters. The zero-order valence-electron chi connectivity index (χ0n) is 12.0. The molecule has 0 saturated carbocycles. The Bertz CT molecular complexity index is 677. The van der Waals surface area contributed by atoms with E-state index in [0.717, 1.165) is 5.56 Å². The number of aromatic nitrogens is 1. The highest BCUT2D eigenvalue weighted by atomic mass is 35.5. The van der Waals surface area contributed by atoms with Crippen molar-refractivity contribution in [3.05, 3.63) is 63.9 Å². The molecule has 0 radical (unpaired) electrons. The average molecular weight is 339 g/mol. The number of aliphatic hydroxyl groups is 1. The summed E-state index contributed by atoms with van der Waals surface area (Å²) >= 11 is 12.0. The highest BCUT2D eigenvalue weighted by molar-refractivity contribution is 6.35. The first-order valence-corrected chi connectivity index (χ1v) is 7.49. The predicted octanol–water partition coefficient (Wildman–Crippen LogP) is 4.06. The Morgan fingerprint density at radius 3 is 2.68 bits per heavy atom. The summed E-state index contributed by atoms with van der Waals surface area (Å²) in [5.74, 6) is 0. The summed E-state index contributed by atoms with van der Waals surface area (Å²) in [6.45, 7) is 1.57. The van der Waals surface area contributed by atoms with Crippen LogP contribution in [-0.2, 0) is 12.0 Å². The average Bonchev–Trinajstić information content (AvgIpc) is 2.53. The summed E-state index contributed by atoms with van der Waals surface area (Å²) in [5, 5.41) is 24.3. The van der Waals surface area contributed by atoms with Gasteiger partial charge in [0, 0.05) is 28.0 Å². The van der Waals surface area contributed by atoms with Gasteiger partial charge in [-0.05, 0) is 43.5 Å². The Balaban J connectivity index is 2.28. The van der Waals surface area contributed by atoms with E-state index in [1.165, 1.54) is 0 Å². The number of benzene rings is 1. The second-order valence-corrected chi connectivity index (χ2v) is 5.87. The van der Waals surface area contributed by atoms with Gasteiger partial charge in [-0.2, -0.15) is 0 Å². The summed E-state index contributed by atoms with van der Waals surface area (Å²) in [6.07, 6.45) is 3.97. The zero-order chi connectivity index (χ0) is 16.2. The fraction of sp³-hybridized carbons (Fsp3) is 0.250. The normalized spacial score (nSPS) is 14.6. The quantitative estimate of drug-likeness (QED) is 0.490. The van der Waals surface area contributed by atoms with Crippen molar-refractivity contribution in [2.24, 2.45) is 5.16 Å². The van der Waals surface area contributed by atoms with Gasteiger partial charge in [0.2, 0.25) is 0 Å². The topological polar surface area (TPSA) is 65.7 Å². The van der Waals surface area contributed by atoms with Gasteiger partial charge in [0.1, 0.15) is 5.60 Å². The highest BCUT2D eigenvalue weighted by Crippen LogP contribution is 2.30. The lowest BCUT2D eigenvalue weighted by molar-refractivity contribution is 0.0958. The number of aryl methyl sites for hydroxylation is 1. The van der Waals surface area contributed by atoms with Crippen LogP contribution in [0.4, 0.5) is 0 Å². The minimum atomic E-state index is -1.41. The molecule has 0 fully saturated rings. The van der Waals surface area contributed by atoms with E-state index in [1.54, 1.807) is 43.6 Å². The van der Waals surface area contributed by atoms with Crippen molar-refractivity contribution in [2.75, 3.05) is 0 Å². The van der Waals surface area contributed by atoms with Gasteiger partial charge in [-0.15, -0.1) is 0 Å². The molecule has 2 aromatic rings. The molecular weight excluding hydrogens is 323 g/mol. The third-order valence-corrected chi connectivity index (χ3v) is 4.25. The van der Waals surface area contributed by atoms with E-state index in [-0.39, 0.29) is 5.71 Å². The van der Waals surface area contributed by atoms with Crippen LogP contribution in [-0.4, -0.2) is 21.0 Å². The molecule has 0 aliphatic rings.